The summed E-state index contributed by atoms with van der Waals surface area (Å²) >= 11 is 0. The number of pyridine rings is 1. The topological polar surface area (TPSA) is 16.1 Å². The summed E-state index contributed by atoms with van der Waals surface area (Å²) in [6.07, 6.45) is 4.26. The van der Waals surface area contributed by atoms with E-state index in [1.807, 2.05) is 12.3 Å². The lowest BCUT2D eigenvalue weighted by atomic mass is 10.0. The van der Waals surface area contributed by atoms with Crippen molar-refractivity contribution in [3.63, 3.8) is 0 Å². The maximum absolute atomic E-state index is 4.53. The summed E-state index contributed by atoms with van der Waals surface area (Å²) in [4.78, 5) is 6.87. The van der Waals surface area contributed by atoms with Crippen molar-refractivity contribution in [2.45, 2.75) is 19.8 Å². The summed E-state index contributed by atoms with van der Waals surface area (Å²) < 4.78 is 0. The van der Waals surface area contributed by atoms with Gasteiger partial charge in [-0.2, -0.15) is 0 Å². The van der Waals surface area contributed by atoms with Crippen molar-refractivity contribution in [2.24, 2.45) is 0 Å². The number of aromatic nitrogens is 1. The average molecular weight is 224 g/mol. The second-order valence-electron chi connectivity index (χ2n) is 4.53. The molecule has 0 saturated heterocycles. The van der Waals surface area contributed by atoms with Gasteiger partial charge in [-0.25, -0.2) is 4.98 Å². The summed E-state index contributed by atoms with van der Waals surface area (Å²) in [5.74, 6) is 1.10. The molecule has 17 heavy (non-hydrogen) atoms. The van der Waals surface area contributed by atoms with E-state index in [1.165, 1.54) is 29.7 Å². The van der Waals surface area contributed by atoms with Crippen LogP contribution >= 0.6 is 0 Å². The van der Waals surface area contributed by atoms with E-state index < -0.39 is 0 Å². The van der Waals surface area contributed by atoms with E-state index >= 15 is 0 Å². The maximum Gasteiger partial charge on any atom is 0.135 e. The second kappa shape index (κ2) is 4.21. The first-order chi connectivity index (χ1) is 8.36. The van der Waals surface area contributed by atoms with Crippen molar-refractivity contribution in [1.82, 2.24) is 4.98 Å². The molecule has 2 nitrogen and oxygen atoms in total. The van der Waals surface area contributed by atoms with Gasteiger partial charge >= 0.3 is 0 Å². The molecular weight excluding hydrogens is 208 g/mol. The molecule has 3 rings (SSSR count). The van der Waals surface area contributed by atoms with Crippen LogP contribution in [0.25, 0.3) is 0 Å². The quantitative estimate of drug-likeness (QED) is 0.737. The van der Waals surface area contributed by atoms with Crippen molar-refractivity contribution in [1.29, 1.82) is 0 Å². The van der Waals surface area contributed by atoms with Gasteiger partial charge in [0.25, 0.3) is 0 Å². The van der Waals surface area contributed by atoms with Crippen LogP contribution < -0.4 is 4.90 Å². The minimum absolute atomic E-state index is 1.06. The third kappa shape index (κ3) is 1.80. The van der Waals surface area contributed by atoms with E-state index in [9.17, 15) is 0 Å². The molecule has 1 aliphatic heterocycles. The third-order valence-corrected chi connectivity index (χ3v) is 3.35. The molecule has 86 valence electrons. The van der Waals surface area contributed by atoms with Gasteiger partial charge in [-0.05, 0) is 43.0 Å². The Morgan fingerprint density at radius 1 is 1.12 bits per heavy atom. The standard InChI is InChI=1S/C15H16N2/c1-12-6-4-10-16-15(12)17-11-5-8-13-7-2-3-9-14(13)17/h2-4,6-7,9-10H,5,8,11H2,1H3. The van der Waals surface area contributed by atoms with Gasteiger partial charge in [-0.1, -0.05) is 24.3 Å². The third-order valence-electron chi connectivity index (χ3n) is 3.35. The van der Waals surface area contributed by atoms with Gasteiger partial charge in [0.15, 0.2) is 0 Å². The van der Waals surface area contributed by atoms with Crippen LogP contribution in [0.5, 0.6) is 0 Å². The van der Waals surface area contributed by atoms with Crippen molar-refractivity contribution < 1.29 is 0 Å². The molecule has 0 bridgehead atoms. The monoisotopic (exact) mass is 224 g/mol. The molecule has 0 fully saturated rings. The number of fused-ring (bicyclic) bond motifs is 1. The van der Waals surface area contributed by atoms with Crippen molar-refractivity contribution in [2.75, 3.05) is 11.4 Å². The van der Waals surface area contributed by atoms with E-state index in [2.05, 4.69) is 47.1 Å². The Morgan fingerprint density at radius 3 is 2.88 bits per heavy atom. The minimum Gasteiger partial charge on any atom is -0.326 e. The van der Waals surface area contributed by atoms with Gasteiger partial charge in [0.05, 0.1) is 0 Å². The van der Waals surface area contributed by atoms with Crippen LogP contribution in [0.2, 0.25) is 0 Å². The van der Waals surface area contributed by atoms with Crippen molar-refractivity contribution in [3.05, 3.63) is 53.7 Å². The highest BCUT2D eigenvalue weighted by Crippen LogP contribution is 2.33. The fraction of sp³-hybridized carbons (Fsp3) is 0.267. The molecule has 0 saturated carbocycles. The number of nitrogens with zero attached hydrogens (tertiary/aromatic N) is 2. The fourth-order valence-corrected chi connectivity index (χ4v) is 2.51. The van der Waals surface area contributed by atoms with Gasteiger partial charge in [0.2, 0.25) is 0 Å². The SMILES string of the molecule is Cc1cccnc1N1CCCc2ccccc21. The first-order valence-electron chi connectivity index (χ1n) is 6.13. The lowest BCUT2D eigenvalue weighted by Gasteiger charge is -2.31. The minimum atomic E-state index is 1.06. The largest absolute Gasteiger partial charge is 0.326 e. The maximum atomic E-state index is 4.53. The summed E-state index contributed by atoms with van der Waals surface area (Å²) in [5, 5.41) is 0. The number of benzene rings is 1. The number of rotatable bonds is 1. The van der Waals surface area contributed by atoms with Gasteiger partial charge in [0.1, 0.15) is 5.82 Å². The zero-order valence-corrected chi connectivity index (χ0v) is 10.1. The number of aryl methyl sites for hydroxylation is 2. The molecule has 2 heterocycles. The zero-order valence-electron chi connectivity index (χ0n) is 10.1. The fourth-order valence-electron chi connectivity index (χ4n) is 2.51. The summed E-state index contributed by atoms with van der Waals surface area (Å²) in [6, 6.07) is 12.8. The van der Waals surface area contributed by atoms with Crippen LogP contribution in [-0.4, -0.2) is 11.5 Å². The lowest BCUT2D eigenvalue weighted by molar-refractivity contribution is 0.758. The highest BCUT2D eigenvalue weighted by atomic mass is 15.2. The molecular formula is C15H16N2. The van der Waals surface area contributed by atoms with Crippen LogP contribution in [0.1, 0.15) is 17.5 Å². The van der Waals surface area contributed by atoms with Gasteiger partial charge in [-0.3, -0.25) is 0 Å². The lowest BCUT2D eigenvalue weighted by Crippen LogP contribution is -2.25. The Morgan fingerprint density at radius 2 is 2.00 bits per heavy atom. The molecule has 0 aliphatic carbocycles. The highest BCUT2D eigenvalue weighted by molar-refractivity contribution is 5.67. The van der Waals surface area contributed by atoms with E-state index in [-0.39, 0.29) is 0 Å². The Bertz CT molecular complexity index is 534. The van der Waals surface area contributed by atoms with Crippen LogP contribution in [0.4, 0.5) is 11.5 Å². The molecule has 2 heteroatoms. The van der Waals surface area contributed by atoms with Crippen LogP contribution in [0.3, 0.4) is 0 Å². The Balaban J connectivity index is 2.09. The molecule has 2 aromatic rings. The highest BCUT2D eigenvalue weighted by Gasteiger charge is 2.19. The number of hydrogen-bond acceptors (Lipinski definition) is 2. The van der Waals surface area contributed by atoms with Crippen molar-refractivity contribution >= 4 is 11.5 Å². The summed E-state index contributed by atoms with van der Waals surface area (Å²) in [7, 11) is 0. The molecule has 0 atom stereocenters. The van der Waals surface area contributed by atoms with E-state index in [4.69, 9.17) is 0 Å². The Labute approximate surface area is 102 Å². The number of anilines is 2. The summed E-state index contributed by atoms with van der Waals surface area (Å²) in [5.41, 5.74) is 3.99. The van der Waals surface area contributed by atoms with E-state index in [0.29, 0.717) is 0 Å². The molecule has 1 aromatic carbocycles. The van der Waals surface area contributed by atoms with Crippen LogP contribution in [0, 0.1) is 6.92 Å². The Hall–Kier alpha value is -1.83. The van der Waals surface area contributed by atoms with Gasteiger partial charge in [0, 0.05) is 18.4 Å². The van der Waals surface area contributed by atoms with E-state index in [0.717, 1.165) is 12.4 Å². The van der Waals surface area contributed by atoms with Crippen molar-refractivity contribution in [3.8, 4) is 0 Å². The van der Waals surface area contributed by atoms with Gasteiger partial charge in [-0.15, -0.1) is 0 Å². The number of hydrogen-bond donors (Lipinski definition) is 0. The average Bonchev–Trinajstić information content (AvgIpc) is 2.39. The normalized spacial score (nSPS) is 14.5. The Kier molecular flexibility index (Phi) is 2.56. The first kappa shape index (κ1) is 10.3. The van der Waals surface area contributed by atoms with Crippen LogP contribution in [0.15, 0.2) is 42.6 Å². The first-order valence-corrected chi connectivity index (χ1v) is 6.13. The van der Waals surface area contributed by atoms with Gasteiger partial charge < -0.3 is 4.90 Å². The smallest absolute Gasteiger partial charge is 0.135 e. The zero-order chi connectivity index (χ0) is 11.7. The molecule has 1 aromatic heterocycles. The predicted molar refractivity (Wildman–Crippen MR) is 70.7 cm³/mol. The molecule has 0 unspecified atom stereocenters. The van der Waals surface area contributed by atoms with Crippen LogP contribution in [-0.2, 0) is 6.42 Å². The van der Waals surface area contributed by atoms with E-state index in [1.54, 1.807) is 0 Å². The predicted octanol–water partition coefficient (Wildman–Crippen LogP) is 3.47. The molecule has 0 radical (unpaired) electrons. The molecule has 0 N–H and O–H groups in total. The molecule has 0 amide bonds. The summed E-state index contributed by atoms with van der Waals surface area (Å²) in [6.45, 7) is 3.19. The number of para-hydroxylation sites is 1. The second-order valence-corrected chi connectivity index (χ2v) is 4.53. The molecule has 0 spiro atoms. The molecule has 1 aliphatic rings.